The summed E-state index contributed by atoms with van der Waals surface area (Å²) in [4.78, 5) is 1.98. The van der Waals surface area contributed by atoms with E-state index in [4.69, 9.17) is 4.74 Å². The van der Waals surface area contributed by atoms with Gasteiger partial charge in [0.2, 0.25) is 5.13 Å². The molecule has 1 rings (SSSR count). The molecular weight excluding hydrogens is 268 g/mol. The van der Waals surface area contributed by atoms with Crippen molar-refractivity contribution in [3.05, 3.63) is 0 Å². The molecule has 5 nitrogen and oxygen atoms in total. The lowest BCUT2D eigenvalue weighted by Gasteiger charge is -2.04. The van der Waals surface area contributed by atoms with Gasteiger partial charge >= 0.3 is 0 Å². The van der Waals surface area contributed by atoms with Crippen LogP contribution < -0.4 is 10.2 Å². The van der Waals surface area contributed by atoms with Crippen molar-refractivity contribution < 1.29 is 4.74 Å². The lowest BCUT2D eigenvalue weighted by molar-refractivity contribution is 0.145. The Bertz CT molecular complexity index is 320. The van der Waals surface area contributed by atoms with Crippen LogP contribution in [0.1, 0.15) is 13.3 Å². The van der Waals surface area contributed by atoms with Gasteiger partial charge in [-0.05, 0) is 19.9 Å². The van der Waals surface area contributed by atoms with Crippen molar-refractivity contribution in [1.29, 1.82) is 0 Å². The zero-order valence-corrected chi connectivity index (χ0v) is 12.9. The zero-order valence-electron chi connectivity index (χ0n) is 11.3. The second-order valence-corrected chi connectivity index (χ2v) is 6.19. The molecule has 1 aromatic heterocycles. The standard InChI is InChI=1S/C11H22N4OS2/c1-4-16-8-5-6-12-7-9-17-11-14-13-10(18-11)15(2)3/h12H,4-9H2,1-3H3. The summed E-state index contributed by atoms with van der Waals surface area (Å²) in [6.07, 6.45) is 1.07. The maximum absolute atomic E-state index is 5.27. The van der Waals surface area contributed by atoms with E-state index >= 15 is 0 Å². The van der Waals surface area contributed by atoms with E-state index in [2.05, 4.69) is 15.5 Å². The van der Waals surface area contributed by atoms with Gasteiger partial charge < -0.3 is 15.0 Å². The van der Waals surface area contributed by atoms with Crippen molar-refractivity contribution in [3.8, 4) is 0 Å². The van der Waals surface area contributed by atoms with E-state index in [0.717, 1.165) is 47.9 Å². The number of nitrogens with zero attached hydrogens (tertiary/aromatic N) is 3. The number of hydrogen-bond acceptors (Lipinski definition) is 7. The van der Waals surface area contributed by atoms with Gasteiger partial charge in [0, 0.05) is 39.6 Å². The van der Waals surface area contributed by atoms with Crippen molar-refractivity contribution in [1.82, 2.24) is 15.5 Å². The predicted molar refractivity (Wildman–Crippen MR) is 78.9 cm³/mol. The first-order valence-corrected chi connectivity index (χ1v) is 7.96. The zero-order chi connectivity index (χ0) is 13.2. The van der Waals surface area contributed by atoms with Crippen LogP contribution >= 0.6 is 23.1 Å². The Hall–Kier alpha value is -0.370. The molecule has 0 amide bonds. The highest BCUT2D eigenvalue weighted by atomic mass is 32.2. The van der Waals surface area contributed by atoms with Crippen LogP contribution in [0.25, 0.3) is 0 Å². The average molecular weight is 290 g/mol. The molecular formula is C11H22N4OS2. The van der Waals surface area contributed by atoms with Crippen LogP contribution in [0.5, 0.6) is 0 Å². The largest absolute Gasteiger partial charge is 0.382 e. The van der Waals surface area contributed by atoms with Crippen molar-refractivity contribution >= 4 is 28.2 Å². The Kier molecular flexibility index (Phi) is 8.32. The smallest absolute Gasteiger partial charge is 0.208 e. The topological polar surface area (TPSA) is 50.3 Å². The number of rotatable bonds is 10. The van der Waals surface area contributed by atoms with Crippen molar-refractivity contribution in [2.24, 2.45) is 0 Å². The van der Waals surface area contributed by atoms with Crippen LogP contribution in [0.3, 0.4) is 0 Å². The SMILES string of the molecule is CCOCCCNCCSc1nnc(N(C)C)s1. The van der Waals surface area contributed by atoms with Crippen LogP contribution in [-0.2, 0) is 4.74 Å². The van der Waals surface area contributed by atoms with Gasteiger partial charge in [-0.2, -0.15) is 0 Å². The van der Waals surface area contributed by atoms with Gasteiger partial charge in [-0.25, -0.2) is 0 Å². The molecule has 0 bridgehead atoms. The molecule has 7 heteroatoms. The number of aromatic nitrogens is 2. The van der Waals surface area contributed by atoms with Gasteiger partial charge in [0.1, 0.15) is 0 Å². The minimum absolute atomic E-state index is 0.807. The Morgan fingerprint density at radius 1 is 1.33 bits per heavy atom. The van der Waals surface area contributed by atoms with E-state index in [1.807, 2.05) is 25.9 Å². The van der Waals surface area contributed by atoms with Crippen LogP contribution in [-0.4, -0.2) is 56.3 Å². The maximum Gasteiger partial charge on any atom is 0.208 e. The van der Waals surface area contributed by atoms with Gasteiger partial charge in [-0.3, -0.25) is 0 Å². The summed E-state index contributed by atoms with van der Waals surface area (Å²) in [5.41, 5.74) is 0. The van der Waals surface area contributed by atoms with Crippen molar-refractivity contribution in [3.63, 3.8) is 0 Å². The van der Waals surface area contributed by atoms with Crippen molar-refractivity contribution in [2.75, 3.05) is 51.1 Å². The molecule has 18 heavy (non-hydrogen) atoms. The number of anilines is 1. The third-order valence-corrected chi connectivity index (χ3v) is 4.36. The summed E-state index contributed by atoms with van der Waals surface area (Å²) < 4.78 is 6.30. The van der Waals surface area contributed by atoms with E-state index in [-0.39, 0.29) is 0 Å². The third-order valence-electron chi connectivity index (χ3n) is 2.13. The number of hydrogen-bond donors (Lipinski definition) is 1. The lowest BCUT2D eigenvalue weighted by atomic mass is 10.4. The van der Waals surface area contributed by atoms with Gasteiger partial charge in [-0.1, -0.05) is 23.1 Å². The maximum atomic E-state index is 5.27. The molecule has 0 fully saturated rings. The minimum atomic E-state index is 0.807. The van der Waals surface area contributed by atoms with E-state index in [1.54, 1.807) is 23.1 Å². The predicted octanol–water partition coefficient (Wildman–Crippen LogP) is 1.71. The molecule has 1 heterocycles. The second-order valence-electron chi connectivity index (χ2n) is 3.89. The molecule has 0 radical (unpaired) electrons. The summed E-state index contributed by atoms with van der Waals surface area (Å²) in [5.74, 6) is 1.02. The molecule has 0 spiro atoms. The summed E-state index contributed by atoms with van der Waals surface area (Å²) in [6, 6.07) is 0. The average Bonchev–Trinajstić information content (AvgIpc) is 2.81. The quantitative estimate of drug-likeness (QED) is 0.523. The third kappa shape index (κ3) is 6.53. The number of thioether (sulfide) groups is 1. The first kappa shape index (κ1) is 15.7. The van der Waals surface area contributed by atoms with Gasteiger partial charge in [-0.15, -0.1) is 10.2 Å². The van der Waals surface area contributed by atoms with Crippen LogP contribution in [0.15, 0.2) is 4.34 Å². The van der Waals surface area contributed by atoms with E-state index < -0.39 is 0 Å². The summed E-state index contributed by atoms with van der Waals surface area (Å²) in [6.45, 7) is 5.68. The summed E-state index contributed by atoms with van der Waals surface area (Å²) >= 11 is 3.39. The highest BCUT2D eigenvalue weighted by molar-refractivity contribution is 8.01. The fraction of sp³-hybridized carbons (Fsp3) is 0.818. The summed E-state index contributed by atoms with van der Waals surface area (Å²) in [5, 5.41) is 12.6. The molecule has 1 aromatic rings. The highest BCUT2D eigenvalue weighted by Crippen LogP contribution is 2.26. The molecule has 0 aliphatic rings. The lowest BCUT2D eigenvalue weighted by Crippen LogP contribution is -2.19. The van der Waals surface area contributed by atoms with Crippen LogP contribution in [0.2, 0.25) is 0 Å². The van der Waals surface area contributed by atoms with Gasteiger partial charge in [0.25, 0.3) is 0 Å². The molecule has 0 saturated heterocycles. The molecule has 0 atom stereocenters. The number of nitrogens with one attached hydrogen (secondary N) is 1. The Morgan fingerprint density at radius 3 is 2.83 bits per heavy atom. The molecule has 1 N–H and O–H groups in total. The van der Waals surface area contributed by atoms with Gasteiger partial charge in [0.15, 0.2) is 4.34 Å². The molecule has 0 aliphatic heterocycles. The Morgan fingerprint density at radius 2 is 2.17 bits per heavy atom. The Labute approximate surface area is 117 Å². The van der Waals surface area contributed by atoms with E-state index in [1.165, 1.54) is 0 Å². The van der Waals surface area contributed by atoms with E-state index in [9.17, 15) is 0 Å². The van der Waals surface area contributed by atoms with Gasteiger partial charge in [0.05, 0.1) is 0 Å². The summed E-state index contributed by atoms with van der Waals surface area (Å²) in [7, 11) is 3.96. The normalized spacial score (nSPS) is 10.8. The van der Waals surface area contributed by atoms with Crippen LogP contribution in [0, 0.1) is 0 Å². The molecule has 0 aliphatic carbocycles. The second kappa shape index (κ2) is 9.55. The molecule has 104 valence electrons. The highest BCUT2D eigenvalue weighted by Gasteiger charge is 2.05. The van der Waals surface area contributed by atoms with E-state index in [0.29, 0.717) is 0 Å². The monoisotopic (exact) mass is 290 g/mol. The minimum Gasteiger partial charge on any atom is -0.382 e. The van der Waals surface area contributed by atoms with Crippen LogP contribution in [0.4, 0.5) is 5.13 Å². The molecule has 0 aromatic carbocycles. The first-order chi connectivity index (χ1) is 8.74. The molecule has 0 unspecified atom stereocenters. The number of ether oxygens (including phenoxy) is 1. The molecule has 0 saturated carbocycles. The fourth-order valence-corrected chi connectivity index (χ4v) is 2.95. The Balaban J connectivity index is 2.00. The fourth-order valence-electron chi connectivity index (χ4n) is 1.22. The van der Waals surface area contributed by atoms with Crippen molar-refractivity contribution in [2.45, 2.75) is 17.7 Å². The first-order valence-electron chi connectivity index (χ1n) is 6.16.